The molecule has 0 spiro atoms. The predicted octanol–water partition coefficient (Wildman–Crippen LogP) is 1.76. The van der Waals surface area contributed by atoms with Crippen molar-refractivity contribution in [3.8, 4) is 0 Å². The first-order chi connectivity index (χ1) is 10.8. The van der Waals surface area contributed by atoms with Gasteiger partial charge in [-0.05, 0) is 5.56 Å². The zero-order valence-corrected chi connectivity index (χ0v) is 13.5. The van der Waals surface area contributed by atoms with E-state index >= 15 is 0 Å². The summed E-state index contributed by atoms with van der Waals surface area (Å²) in [4.78, 5) is 12.0. The van der Waals surface area contributed by atoms with Crippen molar-refractivity contribution < 1.29 is 9.53 Å². The fraction of sp³-hybridized carbons (Fsp3) is 0.357. The van der Waals surface area contributed by atoms with Gasteiger partial charge in [0.25, 0.3) is 5.91 Å². The Hall–Kier alpha value is -1.48. The van der Waals surface area contributed by atoms with Crippen molar-refractivity contribution in [3.63, 3.8) is 0 Å². The van der Waals surface area contributed by atoms with Crippen LogP contribution in [-0.4, -0.2) is 41.9 Å². The topological polar surface area (TPSA) is 76.1 Å². The second kappa shape index (κ2) is 7.68. The van der Waals surface area contributed by atoms with Gasteiger partial charge in [-0.1, -0.05) is 53.4 Å². The average Bonchev–Trinajstić information content (AvgIpc) is 3.02. The highest BCUT2D eigenvalue weighted by Gasteiger charge is 2.22. The first-order valence-corrected chi connectivity index (χ1v) is 8.75. The summed E-state index contributed by atoms with van der Waals surface area (Å²) in [5.41, 5.74) is 1.23. The number of nitrogens with one attached hydrogen (secondary N) is 2. The Balaban J connectivity index is 1.51. The van der Waals surface area contributed by atoms with E-state index in [1.54, 1.807) is 11.8 Å². The van der Waals surface area contributed by atoms with Gasteiger partial charge in [0, 0.05) is 18.8 Å². The van der Waals surface area contributed by atoms with Crippen LogP contribution in [0.1, 0.15) is 5.56 Å². The lowest BCUT2D eigenvalue weighted by Crippen LogP contribution is -2.45. The van der Waals surface area contributed by atoms with Crippen molar-refractivity contribution in [2.24, 2.45) is 0 Å². The van der Waals surface area contributed by atoms with Crippen molar-refractivity contribution >= 4 is 34.1 Å². The van der Waals surface area contributed by atoms with Gasteiger partial charge in [0.15, 0.2) is 4.34 Å². The Morgan fingerprint density at radius 2 is 2.27 bits per heavy atom. The van der Waals surface area contributed by atoms with Gasteiger partial charge in [-0.3, -0.25) is 10.1 Å². The molecule has 8 heteroatoms. The average molecular weight is 336 g/mol. The standard InChI is InChI=1S/C14H16N4O2S2/c19-12(11-8-15-6-7-20-11)16-13-17-18-14(22-13)21-9-10-4-2-1-3-5-10/h1-5,11,15H,6-9H2,(H,16,17,19). The first kappa shape index (κ1) is 15.4. The second-order valence-corrected chi connectivity index (χ2v) is 6.90. The zero-order chi connectivity index (χ0) is 15.2. The van der Waals surface area contributed by atoms with Crippen LogP contribution in [-0.2, 0) is 15.3 Å². The summed E-state index contributed by atoms with van der Waals surface area (Å²) < 4.78 is 6.24. The van der Waals surface area contributed by atoms with E-state index < -0.39 is 6.10 Å². The van der Waals surface area contributed by atoms with Crippen LogP contribution in [0.4, 0.5) is 5.13 Å². The fourth-order valence-electron chi connectivity index (χ4n) is 1.96. The Morgan fingerprint density at radius 3 is 3.05 bits per heavy atom. The predicted molar refractivity (Wildman–Crippen MR) is 87.2 cm³/mol. The highest BCUT2D eigenvalue weighted by molar-refractivity contribution is 8.00. The summed E-state index contributed by atoms with van der Waals surface area (Å²) in [5, 5.41) is 14.5. The Kier molecular flexibility index (Phi) is 5.38. The van der Waals surface area contributed by atoms with E-state index in [2.05, 4.69) is 33.0 Å². The number of thioether (sulfide) groups is 1. The molecule has 0 aliphatic carbocycles. The van der Waals surface area contributed by atoms with Gasteiger partial charge >= 0.3 is 0 Å². The summed E-state index contributed by atoms with van der Waals surface area (Å²) >= 11 is 2.98. The van der Waals surface area contributed by atoms with Gasteiger partial charge in [0.1, 0.15) is 6.10 Å². The molecule has 2 N–H and O–H groups in total. The van der Waals surface area contributed by atoms with Crippen LogP contribution in [0.2, 0.25) is 0 Å². The molecule has 3 rings (SSSR count). The maximum atomic E-state index is 12.0. The number of rotatable bonds is 5. The van der Waals surface area contributed by atoms with Gasteiger partial charge < -0.3 is 10.1 Å². The molecule has 1 aliphatic heterocycles. The molecule has 1 atom stereocenters. The number of ether oxygens (including phenoxy) is 1. The van der Waals surface area contributed by atoms with Gasteiger partial charge in [0.05, 0.1) is 6.61 Å². The summed E-state index contributed by atoms with van der Waals surface area (Å²) in [6.07, 6.45) is -0.460. The van der Waals surface area contributed by atoms with Crippen LogP contribution >= 0.6 is 23.1 Å². The maximum Gasteiger partial charge on any atom is 0.256 e. The van der Waals surface area contributed by atoms with Crippen molar-refractivity contribution in [1.82, 2.24) is 15.5 Å². The molecule has 1 aromatic carbocycles. The molecule has 116 valence electrons. The second-order valence-electron chi connectivity index (χ2n) is 4.70. The molecular weight excluding hydrogens is 320 g/mol. The van der Waals surface area contributed by atoms with Gasteiger partial charge in [-0.15, -0.1) is 10.2 Å². The van der Waals surface area contributed by atoms with E-state index in [1.807, 2.05) is 18.2 Å². The number of morpholine rings is 1. The molecule has 1 amide bonds. The molecule has 1 aromatic heterocycles. The molecule has 2 heterocycles. The number of nitrogens with zero attached hydrogens (tertiary/aromatic N) is 2. The molecule has 1 saturated heterocycles. The minimum atomic E-state index is -0.460. The Morgan fingerprint density at radius 1 is 1.41 bits per heavy atom. The van der Waals surface area contributed by atoms with Crippen LogP contribution in [0, 0.1) is 0 Å². The number of benzene rings is 1. The number of anilines is 1. The molecule has 0 bridgehead atoms. The van der Waals surface area contributed by atoms with Crippen LogP contribution in [0.5, 0.6) is 0 Å². The van der Waals surface area contributed by atoms with E-state index in [4.69, 9.17) is 4.74 Å². The van der Waals surface area contributed by atoms with Crippen molar-refractivity contribution in [3.05, 3.63) is 35.9 Å². The minimum Gasteiger partial charge on any atom is -0.366 e. The quantitative estimate of drug-likeness (QED) is 0.640. The Labute approximate surface area is 136 Å². The van der Waals surface area contributed by atoms with E-state index in [0.717, 1.165) is 16.6 Å². The number of carbonyl (C=O) groups excluding carboxylic acids is 1. The number of aromatic nitrogens is 2. The zero-order valence-electron chi connectivity index (χ0n) is 11.8. The third-order valence-electron chi connectivity index (χ3n) is 3.06. The summed E-state index contributed by atoms with van der Waals surface area (Å²) in [6, 6.07) is 10.2. The summed E-state index contributed by atoms with van der Waals surface area (Å²) in [7, 11) is 0. The normalized spacial score (nSPS) is 18.1. The highest BCUT2D eigenvalue weighted by Crippen LogP contribution is 2.28. The molecule has 1 fully saturated rings. The lowest BCUT2D eigenvalue weighted by atomic mass is 10.2. The Bertz CT molecular complexity index is 614. The minimum absolute atomic E-state index is 0.178. The number of hydrogen-bond donors (Lipinski definition) is 2. The van der Waals surface area contributed by atoms with Gasteiger partial charge in [-0.25, -0.2) is 0 Å². The number of amides is 1. The van der Waals surface area contributed by atoms with Crippen molar-refractivity contribution in [1.29, 1.82) is 0 Å². The van der Waals surface area contributed by atoms with Gasteiger partial charge in [0.2, 0.25) is 5.13 Å². The van der Waals surface area contributed by atoms with Crippen molar-refractivity contribution in [2.75, 3.05) is 25.0 Å². The molecule has 1 aliphatic rings. The summed E-state index contributed by atoms with van der Waals surface area (Å²) in [6.45, 7) is 1.86. The molecule has 2 aromatic rings. The molecule has 22 heavy (non-hydrogen) atoms. The van der Waals surface area contributed by atoms with Gasteiger partial charge in [-0.2, -0.15) is 0 Å². The summed E-state index contributed by atoms with van der Waals surface area (Å²) in [5.74, 6) is 0.655. The number of hydrogen-bond acceptors (Lipinski definition) is 7. The van der Waals surface area contributed by atoms with E-state index in [-0.39, 0.29) is 5.91 Å². The fourth-order valence-corrected chi connectivity index (χ4v) is 3.67. The third kappa shape index (κ3) is 4.26. The lowest BCUT2D eigenvalue weighted by Gasteiger charge is -2.21. The van der Waals surface area contributed by atoms with E-state index in [1.165, 1.54) is 16.9 Å². The molecule has 6 nitrogen and oxygen atoms in total. The highest BCUT2D eigenvalue weighted by atomic mass is 32.2. The SMILES string of the molecule is O=C(Nc1nnc(SCc2ccccc2)s1)C1CNCCO1. The van der Waals surface area contributed by atoms with Crippen LogP contribution in [0.25, 0.3) is 0 Å². The molecule has 0 radical (unpaired) electrons. The van der Waals surface area contributed by atoms with Crippen LogP contribution < -0.4 is 10.6 Å². The molecule has 1 unspecified atom stereocenters. The van der Waals surface area contributed by atoms with E-state index in [9.17, 15) is 4.79 Å². The lowest BCUT2D eigenvalue weighted by molar-refractivity contribution is -0.128. The van der Waals surface area contributed by atoms with E-state index in [0.29, 0.717) is 18.3 Å². The number of carbonyl (C=O) groups is 1. The van der Waals surface area contributed by atoms with Crippen LogP contribution in [0.15, 0.2) is 34.7 Å². The third-order valence-corrected chi connectivity index (χ3v) is 5.10. The largest absolute Gasteiger partial charge is 0.366 e. The first-order valence-electron chi connectivity index (χ1n) is 6.95. The molecule has 0 saturated carbocycles. The van der Waals surface area contributed by atoms with Crippen molar-refractivity contribution in [2.45, 2.75) is 16.2 Å². The smallest absolute Gasteiger partial charge is 0.256 e. The monoisotopic (exact) mass is 336 g/mol. The van der Waals surface area contributed by atoms with Crippen LogP contribution in [0.3, 0.4) is 0 Å². The molecular formula is C14H16N4O2S2. The maximum absolute atomic E-state index is 12.0.